The Bertz CT molecular complexity index is 4380. The number of carbonyl (C=O) groups excluding carboxylic acids is 4. The minimum atomic E-state index is -0.839. The first kappa shape index (κ1) is 82.1. The Morgan fingerprint density at radius 2 is 0.800 bits per heavy atom. The van der Waals surface area contributed by atoms with E-state index in [-0.39, 0.29) is 121 Å². The van der Waals surface area contributed by atoms with Crippen LogP contribution in [0.1, 0.15) is 197 Å². The largest absolute Gasteiger partial charge is 1.00 e. The molecule has 0 amide bonds. The predicted octanol–water partition coefficient (Wildman–Crippen LogP) is 16.1. The number of hydrogen-bond donors (Lipinski definition) is 1. The molecule has 19 heteroatoms. The number of fused-ring (bicyclic) bond motifs is 3. The van der Waals surface area contributed by atoms with Crippen molar-refractivity contribution in [2.75, 3.05) is 0 Å². The number of carbonyl (C=O) groups is 4. The van der Waals surface area contributed by atoms with E-state index in [0.717, 1.165) is 125 Å². The third kappa shape index (κ3) is 18.9. The van der Waals surface area contributed by atoms with Gasteiger partial charge < -0.3 is 20.7 Å². The number of pyridine rings is 3. The van der Waals surface area contributed by atoms with Gasteiger partial charge in [0.05, 0.1) is 55.3 Å². The van der Waals surface area contributed by atoms with Gasteiger partial charge in [0.2, 0.25) is 0 Å². The molecule has 0 spiro atoms. The molecular weight excluding hydrogens is 1290 g/mol. The summed E-state index contributed by atoms with van der Waals surface area (Å²) in [5.41, 5.74) is 10.7. The van der Waals surface area contributed by atoms with Gasteiger partial charge in [-0.15, -0.1) is 0 Å². The molecule has 3 aliphatic heterocycles. The Balaban J connectivity index is 0.000000312. The number of hydrogen-bond acceptors (Lipinski definition) is 11. The maximum Gasteiger partial charge on any atom is 1.00 e. The Morgan fingerprint density at radius 1 is 0.470 bits per heavy atom. The molecule has 3 aliphatic rings. The molecule has 0 aliphatic carbocycles. The zero-order valence-corrected chi connectivity index (χ0v) is 58.0. The number of aliphatic hydroxyl groups is 1. The number of benzene rings is 6. The summed E-state index contributed by atoms with van der Waals surface area (Å²) in [5.74, 6) is -3.89. The Labute approximate surface area is 609 Å². The van der Waals surface area contributed by atoms with Crippen LogP contribution in [0.25, 0.3) is 33.4 Å². The van der Waals surface area contributed by atoms with Gasteiger partial charge in [0.15, 0.2) is 23.1 Å². The Morgan fingerprint density at radius 3 is 1.18 bits per heavy atom. The third-order valence-corrected chi connectivity index (χ3v) is 17.4. The summed E-state index contributed by atoms with van der Waals surface area (Å²) in [5, 5.41) is 10.6. The smallest absolute Gasteiger partial charge is 1.00 e. The van der Waals surface area contributed by atoms with Crippen LogP contribution in [0.3, 0.4) is 0 Å². The second-order valence-corrected chi connectivity index (χ2v) is 25.9. The summed E-state index contributed by atoms with van der Waals surface area (Å²) in [7, 11) is 0. The molecule has 0 bridgehead atoms. The molecule has 6 aromatic carbocycles. The summed E-state index contributed by atoms with van der Waals surface area (Å²) < 4.78 is 101. The van der Waals surface area contributed by atoms with E-state index in [2.05, 4.69) is 47.9 Å². The molecular formula is C81H86BF6N3NaO8. The maximum absolute atomic E-state index is 13.8. The molecule has 9 aromatic rings. The van der Waals surface area contributed by atoms with Gasteiger partial charge >= 0.3 is 29.6 Å². The van der Waals surface area contributed by atoms with Crippen LogP contribution >= 0.6 is 0 Å². The first-order chi connectivity index (χ1) is 45.1. The average Bonchev–Trinajstić information content (AvgIpc) is 0.778. The minimum absolute atomic E-state index is 0. The van der Waals surface area contributed by atoms with E-state index in [9.17, 15) is 50.6 Å². The van der Waals surface area contributed by atoms with Crippen LogP contribution in [-0.4, -0.2) is 68.4 Å². The van der Waals surface area contributed by atoms with Crippen molar-refractivity contribution in [3.8, 4) is 50.6 Å². The Hall–Kier alpha value is -8.55. The third-order valence-electron chi connectivity index (χ3n) is 17.4. The van der Waals surface area contributed by atoms with Crippen molar-refractivity contribution in [2.45, 2.75) is 172 Å². The second kappa shape index (κ2) is 34.2. The van der Waals surface area contributed by atoms with Gasteiger partial charge in [-0.1, -0.05) is 122 Å². The number of Topliss-reactive ketones (excluding diaryl/α,β-unsaturated/α-hetero) is 4. The summed E-state index contributed by atoms with van der Waals surface area (Å²) in [6.45, 7) is 18.0. The number of ketones is 4. The van der Waals surface area contributed by atoms with Gasteiger partial charge in [-0.3, -0.25) is 34.1 Å². The molecule has 6 heterocycles. The summed E-state index contributed by atoms with van der Waals surface area (Å²) >= 11 is 0. The van der Waals surface area contributed by atoms with Gasteiger partial charge in [-0.2, -0.15) is 0 Å². The zero-order valence-electron chi connectivity index (χ0n) is 57.0. The van der Waals surface area contributed by atoms with E-state index in [4.69, 9.17) is 14.2 Å². The van der Waals surface area contributed by atoms with E-state index in [1.807, 2.05) is 90.1 Å². The average molecular weight is 1380 g/mol. The van der Waals surface area contributed by atoms with E-state index in [1.54, 1.807) is 48.5 Å². The van der Waals surface area contributed by atoms with E-state index >= 15 is 0 Å². The fraction of sp³-hybridized carbons (Fsp3) is 0.321. The summed E-state index contributed by atoms with van der Waals surface area (Å²) in [6.07, 6.45) is 8.94. The van der Waals surface area contributed by atoms with Gasteiger partial charge in [0.1, 0.15) is 69.0 Å². The fourth-order valence-electron chi connectivity index (χ4n) is 12.2. The number of nitrogens with zero attached hydrogens (tertiary/aromatic N) is 3. The van der Waals surface area contributed by atoms with Crippen molar-refractivity contribution in [1.29, 1.82) is 0 Å². The van der Waals surface area contributed by atoms with Crippen LogP contribution in [0.15, 0.2) is 146 Å². The minimum Gasteiger partial charge on any atom is -1.00 e. The number of aromatic nitrogens is 3. The normalized spacial score (nSPS) is 14.6. The van der Waals surface area contributed by atoms with Crippen molar-refractivity contribution in [2.24, 2.45) is 0 Å². The molecule has 3 aromatic heterocycles. The number of rotatable bonds is 15. The molecule has 1 unspecified atom stereocenters. The maximum atomic E-state index is 13.8. The van der Waals surface area contributed by atoms with Gasteiger partial charge in [0.25, 0.3) is 0 Å². The predicted molar refractivity (Wildman–Crippen MR) is 378 cm³/mol. The van der Waals surface area contributed by atoms with Crippen LogP contribution in [0.2, 0.25) is 0 Å². The monoisotopic (exact) mass is 1380 g/mol. The van der Waals surface area contributed by atoms with Crippen LogP contribution < -0.4 is 43.8 Å². The van der Waals surface area contributed by atoms with Crippen molar-refractivity contribution >= 4 is 31.5 Å². The Kier molecular flexibility index (Phi) is 28.1. The molecule has 11 nitrogen and oxygen atoms in total. The van der Waals surface area contributed by atoms with E-state index < -0.39 is 58.0 Å². The molecule has 0 fully saturated rings. The number of aliphatic hydroxyl groups excluding tert-OH is 1. The molecule has 519 valence electrons. The molecule has 0 saturated heterocycles. The van der Waals surface area contributed by atoms with E-state index in [1.165, 1.54) is 11.1 Å². The molecule has 12 rings (SSSR count). The van der Waals surface area contributed by atoms with Crippen molar-refractivity contribution in [3.63, 3.8) is 0 Å². The SMILES string of the molecule is C.C.C.CCc1cc2c(cc1-c1ccc(C(=O)Cc3c(F)cncc3F)cc1)OC(C)(C)CC2.CCc1cc2c(cc1-c1ccc(C(=O)Cc3c(F)cncc3F)cc1)OC(C)(C)CC2=O.CCc1cc2c(cc1-c1ccc(C(=O)Cc3c(F)cncc3F)cc1)OC(C)(C)CC2O.[B].[H-].[Na+]. The molecule has 100 heavy (non-hydrogen) atoms. The summed E-state index contributed by atoms with van der Waals surface area (Å²) in [4.78, 5) is 60.6. The second-order valence-electron chi connectivity index (χ2n) is 25.9. The first-order valence-electron chi connectivity index (χ1n) is 31.7. The van der Waals surface area contributed by atoms with Crippen LogP contribution in [0.4, 0.5) is 26.3 Å². The molecule has 1 N–H and O–H groups in total. The van der Waals surface area contributed by atoms with Gasteiger partial charge in [0, 0.05) is 73.0 Å². The van der Waals surface area contributed by atoms with Crippen LogP contribution in [0, 0.1) is 34.9 Å². The van der Waals surface area contributed by atoms with Crippen LogP contribution in [-0.2, 0) is 44.9 Å². The molecule has 3 radical (unpaired) electrons. The quantitative estimate of drug-likeness (QED) is 0.0592. The number of ether oxygens (including phenoxy) is 3. The van der Waals surface area contributed by atoms with Crippen molar-refractivity contribution in [1.82, 2.24) is 15.0 Å². The van der Waals surface area contributed by atoms with Gasteiger partial charge in [-0.05, 0) is 160 Å². The van der Waals surface area contributed by atoms with E-state index in [0.29, 0.717) is 46.6 Å². The standard InChI is InChI=1S/C26H25F2NO3.C26H23F2NO3.C26H25F2NO2.3CH4.B.Na.H/c2*1-4-15-9-20-24(31)12-26(2,3)32-25(20)11-18(15)16-5-7-17(8-6-16)23(30)10-19-21(27)13-29-14-22(19)28;1-4-16-11-19-9-10-26(2,3)31-25(19)13-20(16)17-5-7-18(8-6-17)24(30)12-21-22(27)14-29-15-23(21)28;;;;;;/h5-9,11,13-14,24,31H,4,10,12H2,1-3H3;5-9,11,13-14H,4,10,12H2,1-3H3;5-8,11,13-15H,4,9-10,12H2,1-3H3;3*1H4;;;/q;;;;;;;+1;-1. The summed E-state index contributed by atoms with van der Waals surface area (Å²) in [6, 6.07) is 33.0. The number of aryl methyl sites for hydroxylation is 4. The topological polar surface area (TPSA) is 155 Å². The van der Waals surface area contributed by atoms with Gasteiger partial charge in [-0.25, -0.2) is 26.3 Å². The molecule has 0 saturated carbocycles. The zero-order chi connectivity index (χ0) is 68.3. The van der Waals surface area contributed by atoms with Crippen LogP contribution in [0.5, 0.6) is 17.2 Å². The fourth-order valence-corrected chi connectivity index (χ4v) is 12.2. The van der Waals surface area contributed by atoms with Crippen molar-refractivity contribution < 1.29 is 95.8 Å². The van der Waals surface area contributed by atoms with Crippen molar-refractivity contribution in [3.05, 3.63) is 248 Å². The number of halogens is 6. The molecule has 1 atom stereocenters. The first-order valence-corrected chi connectivity index (χ1v) is 31.7.